The second-order valence-corrected chi connectivity index (χ2v) is 7.93. The number of aliphatic hydroxyl groups is 2. The second kappa shape index (κ2) is 7.78. The van der Waals surface area contributed by atoms with E-state index in [0.717, 1.165) is 22.3 Å². The van der Waals surface area contributed by atoms with E-state index < -0.39 is 23.4 Å². The van der Waals surface area contributed by atoms with E-state index in [0.29, 0.717) is 0 Å². The van der Waals surface area contributed by atoms with Gasteiger partial charge in [-0.3, -0.25) is 0 Å². The molecule has 2 atom stereocenters. The van der Waals surface area contributed by atoms with Crippen LogP contribution in [0.25, 0.3) is 0 Å². The van der Waals surface area contributed by atoms with E-state index in [9.17, 15) is 10.2 Å². The molecule has 0 amide bonds. The number of ether oxygens (including phenoxy) is 1. The van der Waals surface area contributed by atoms with Gasteiger partial charge in [0.05, 0.1) is 0 Å². The molecule has 0 bridgehead atoms. The van der Waals surface area contributed by atoms with Crippen molar-refractivity contribution in [2.24, 2.45) is 0 Å². The first-order valence-corrected chi connectivity index (χ1v) is 10.5. The first-order chi connectivity index (χ1) is 15.2. The predicted molar refractivity (Wildman–Crippen MR) is 120 cm³/mol. The van der Waals surface area contributed by atoms with Gasteiger partial charge in [0.15, 0.2) is 0 Å². The van der Waals surface area contributed by atoms with Crippen molar-refractivity contribution in [3.05, 3.63) is 144 Å². The van der Waals surface area contributed by atoms with Crippen molar-refractivity contribution in [1.29, 1.82) is 0 Å². The maximum absolute atomic E-state index is 11.7. The zero-order chi connectivity index (χ0) is 21.3. The fourth-order valence-corrected chi connectivity index (χ4v) is 4.81. The molecule has 4 aromatic rings. The zero-order valence-corrected chi connectivity index (χ0v) is 17.0. The van der Waals surface area contributed by atoms with E-state index in [4.69, 9.17) is 4.74 Å². The Bertz CT molecular complexity index is 956. The van der Waals surface area contributed by atoms with Gasteiger partial charge in [-0.25, -0.2) is 0 Å². The monoisotopic (exact) mass is 408 g/mol. The average Bonchev–Trinajstić information content (AvgIpc) is 3.10. The number of benzene rings is 4. The normalized spacial score (nSPS) is 21.6. The lowest BCUT2D eigenvalue weighted by atomic mass is 9.77. The number of hydrogen-bond donors (Lipinski definition) is 2. The molecule has 5 rings (SSSR count). The molecule has 0 aliphatic carbocycles. The summed E-state index contributed by atoms with van der Waals surface area (Å²) in [6.07, 6.45) is -2.39. The lowest BCUT2D eigenvalue weighted by Gasteiger charge is -2.37. The highest BCUT2D eigenvalue weighted by molar-refractivity contribution is 5.47. The van der Waals surface area contributed by atoms with Crippen molar-refractivity contribution in [3.63, 3.8) is 0 Å². The van der Waals surface area contributed by atoms with Crippen LogP contribution in [0.5, 0.6) is 0 Å². The number of rotatable bonds is 4. The first kappa shape index (κ1) is 19.7. The van der Waals surface area contributed by atoms with E-state index in [-0.39, 0.29) is 0 Å². The van der Waals surface area contributed by atoms with Crippen LogP contribution in [0.4, 0.5) is 0 Å². The molecular formula is C28H24O3. The highest BCUT2D eigenvalue weighted by Crippen LogP contribution is 2.55. The van der Waals surface area contributed by atoms with Gasteiger partial charge >= 0.3 is 0 Å². The third-order valence-corrected chi connectivity index (χ3v) is 6.26. The fraction of sp³-hybridized carbons (Fsp3) is 0.143. The zero-order valence-electron chi connectivity index (χ0n) is 17.0. The second-order valence-electron chi connectivity index (χ2n) is 7.93. The first-order valence-electron chi connectivity index (χ1n) is 10.5. The molecule has 1 aliphatic rings. The molecule has 1 fully saturated rings. The molecule has 3 nitrogen and oxygen atoms in total. The molecule has 0 unspecified atom stereocenters. The summed E-state index contributed by atoms with van der Waals surface area (Å²) in [5.41, 5.74) is 0.687. The van der Waals surface area contributed by atoms with Crippen molar-refractivity contribution >= 4 is 0 Å². The summed E-state index contributed by atoms with van der Waals surface area (Å²) < 4.78 is 7.01. The minimum atomic E-state index is -1.24. The Labute approximate surface area is 182 Å². The Morgan fingerprint density at radius 3 is 0.871 bits per heavy atom. The Morgan fingerprint density at radius 2 is 0.645 bits per heavy atom. The molecule has 1 aliphatic heterocycles. The van der Waals surface area contributed by atoms with E-state index in [1.165, 1.54) is 0 Å². The maximum atomic E-state index is 11.7. The minimum Gasteiger partial charge on any atom is -0.386 e. The highest BCUT2D eigenvalue weighted by Gasteiger charge is 2.64. The van der Waals surface area contributed by atoms with Gasteiger partial charge in [0.25, 0.3) is 0 Å². The largest absolute Gasteiger partial charge is 0.386 e. The van der Waals surface area contributed by atoms with Crippen molar-refractivity contribution in [1.82, 2.24) is 0 Å². The van der Waals surface area contributed by atoms with Crippen LogP contribution < -0.4 is 0 Å². The maximum Gasteiger partial charge on any atom is 0.148 e. The highest BCUT2D eigenvalue weighted by atomic mass is 16.6. The van der Waals surface area contributed by atoms with Crippen LogP contribution in [0, 0.1) is 0 Å². The molecule has 0 aromatic heterocycles. The van der Waals surface area contributed by atoms with Crippen molar-refractivity contribution in [2.75, 3.05) is 0 Å². The summed E-state index contributed by atoms with van der Waals surface area (Å²) in [4.78, 5) is 0. The van der Waals surface area contributed by atoms with Gasteiger partial charge < -0.3 is 14.9 Å². The van der Waals surface area contributed by atoms with Gasteiger partial charge in [-0.1, -0.05) is 121 Å². The summed E-state index contributed by atoms with van der Waals surface area (Å²) in [6, 6.07) is 38.6. The van der Waals surface area contributed by atoms with Crippen LogP contribution in [-0.2, 0) is 15.9 Å². The molecule has 0 radical (unpaired) electrons. The topological polar surface area (TPSA) is 49.7 Å². The molecular weight excluding hydrogens is 384 g/mol. The predicted octanol–water partition coefficient (Wildman–Crippen LogP) is 4.63. The van der Waals surface area contributed by atoms with Crippen LogP contribution in [0.3, 0.4) is 0 Å². The van der Waals surface area contributed by atoms with Crippen LogP contribution in [-0.4, -0.2) is 22.4 Å². The molecule has 2 N–H and O–H groups in total. The Kier molecular flexibility index (Phi) is 4.95. The molecule has 31 heavy (non-hydrogen) atoms. The molecule has 4 aromatic carbocycles. The summed E-state index contributed by atoms with van der Waals surface area (Å²) >= 11 is 0. The third kappa shape index (κ3) is 2.94. The molecule has 0 spiro atoms. The smallest absolute Gasteiger partial charge is 0.148 e. The molecule has 154 valence electrons. The standard InChI is InChI=1S/C28H24O3/c29-25-26(30)28(23-17-9-3-10-18-23,24-19-11-4-12-20-24)31-27(25,21-13-5-1-6-14-21)22-15-7-2-8-16-22/h1-20,25-26,29-30H/t25-,26-/m1/s1. The Morgan fingerprint density at radius 1 is 0.419 bits per heavy atom. The lowest BCUT2D eigenvalue weighted by Crippen LogP contribution is -2.43. The third-order valence-electron chi connectivity index (χ3n) is 6.26. The molecule has 0 saturated carbocycles. The van der Waals surface area contributed by atoms with Crippen LogP contribution in [0.2, 0.25) is 0 Å². The minimum absolute atomic E-state index is 0.793. The van der Waals surface area contributed by atoms with Gasteiger partial charge in [-0.05, 0) is 22.3 Å². The fourth-order valence-electron chi connectivity index (χ4n) is 4.81. The molecule has 3 heteroatoms. The van der Waals surface area contributed by atoms with Crippen molar-refractivity contribution < 1.29 is 14.9 Å². The SMILES string of the molecule is O[C@@H]1[C@@H](O)C(c2ccccc2)(c2ccccc2)OC1(c1ccccc1)c1ccccc1. The Balaban J connectivity index is 1.82. The number of hydrogen-bond acceptors (Lipinski definition) is 3. The van der Waals surface area contributed by atoms with Crippen LogP contribution >= 0.6 is 0 Å². The van der Waals surface area contributed by atoms with Crippen molar-refractivity contribution in [3.8, 4) is 0 Å². The summed E-state index contributed by atoms with van der Waals surface area (Å²) in [5.74, 6) is 0. The van der Waals surface area contributed by atoms with Gasteiger partial charge in [0.2, 0.25) is 0 Å². The van der Waals surface area contributed by atoms with Crippen LogP contribution in [0.1, 0.15) is 22.3 Å². The lowest BCUT2D eigenvalue weighted by molar-refractivity contribution is -0.0995. The van der Waals surface area contributed by atoms with Crippen molar-refractivity contribution in [2.45, 2.75) is 23.4 Å². The van der Waals surface area contributed by atoms with E-state index in [2.05, 4.69) is 0 Å². The van der Waals surface area contributed by atoms with Gasteiger partial charge in [0.1, 0.15) is 23.4 Å². The number of aliphatic hydroxyl groups excluding tert-OH is 2. The van der Waals surface area contributed by atoms with Gasteiger partial charge in [0, 0.05) is 0 Å². The van der Waals surface area contributed by atoms with E-state index >= 15 is 0 Å². The van der Waals surface area contributed by atoms with Crippen LogP contribution in [0.15, 0.2) is 121 Å². The van der Waals surface area contributed by atoms with Gasteiger partial charge in [-0.2, -0.15) is 0 Å². The quantitative estimate of drug-likeness (QED) is 0.518. The summed E-state index contributed by atoms with van der Waals surface area (Å²) in [7, 11) is 0. The average molecular weight is 408 g/mol. The molecule has 1 heterocycles. The Hall–Kier alpha value is -3.24. The van der Waals surface area contributed by atoms with E-state index in [1.54, 1.807) is 0 Å². The summed E-state index contributed by atoms with van der Waals surface area (Å²) in [6.45, 7) is 0. The van der Waals surface area contributed by atoms with E-state index in [1.807, 2.05) is 121 Å². The van der Waals surface area contributed by atoms with Gasteiger partial charge in [-0.15, -0.1) is 0 Å². The molecule has 1 saturated heterocycles. The summed E-state index contributed by atoms with van der Waals surface area (Å²) in [5, 5.41) is 23.4.